The summed E-state index contributed by atoms with van der Waals surface area (Å²) in [6, 6.07) is 2.10. The number of aliphatic hydroxyl groups excluding tert-OH is 1. The molecule has 0 amide bonds. The largest absolute Gasteiger partial charge is 0.393 e. The predicted molar refractivity (Wildman–Crippen MR) is 52.0 cm³/mol. The van der Waals surface area contributed by atoms with Crippen LogP contribution in [0.1, 0.15) is 18.2 Å². The molecule has 0 fully saturated rings. The zero-order valence-corrected chi connectivity index (χ0v) is 8.78. The number of hydrogen-bond acceptors (Lipinski definition) is 2. The SMILES string of the molecule is CC(O)CCc1cc(Br)cs1. The molecule has 1 aromatic heterocycles. The van der Waals surface area contributed by atoms with Crippen LogP contribution in [0.3, 0.4) is 0 Å². The highest BCUT2D eigenvalue weighted by Gasteiger charge is 1.99. The zero-order chi connectivity index (χ0) is 8.27. The van der Waals surface area contributed by atoms with Gasteiger partial charge in [-0.05, 0) is 41.8 Å². The van der Waals surface area contributed by atoms with Crippen molar-refractivity contribution in [2.75, 3.05) is 0 Å². The molecule has 1 heterocycles. The molecule has 1 rings (SSSR count). The molecule has 11 heavy (non-hydrogen) atoms. The number of thiophene rings is 1. The fraction of sp³-hybridized carbons (Fsp3) is 0.500. The third-order valence-corrected chi connectivity index (χ3v) is 3.19. The summed E-state index contributed by atoms with van der Waals surface area (Å²) in [5, 5.41) is 11.1. The number of aryl methyl sites for hydroxylation is 1. The molecule has 0 aliphatic carbocycles. The smallest absolute Gasteiger partial charge is 0.0515 e. The lowest BCUT2D eigenvalue weighted by Crippen LogP contribution is -1.99. The van der Waals surface area contributed by atoms with E-state index in [2.05, 4.69) is 27.4 Å². The van der Waals surface area contributed by atoms with E-state index in [-0.39, 0.29) is 6.10 Å². The van der Waals surface area contributed by atoms with Crippen molar-refractivity contribution in [3.8, 4) is 0 Å². The van der Waals surface area contributed by atoms with E-state index < -0.39 is 0 Å². The molecule has 0 aliphatic heterocycles. The molecule has 1 unspecified atom stereocenters. The average molecular weight is 235 g/mol. The van der Waals surface area contributed by atoms with Crippen LogP contribution < -0.4 is 0 Å². The van der Waals surface area contributed by atoms with E-state index in [1.807, 2.05) is 6.92 Å². The van der Waals surface area contributed by atoms with Crippen LogP contribution in [0.2, 0.25) is 0 Å². The molecule has 0 aliphatic rings. The summed E-state index contributed by atoms with van der Waals surface area (Å²) in [7, 11) is 0. The Morgan fingerprint density at radius 1 is 1.73 bits per heavy atom. The van der Waals surface area contributed by atoms with Gasteiger partial charge in [0.2, 0.25) is 0 Å². The van der Waals surface area contributed by atoms with Gasteiger partial charge in [0.1, 0.15) is 0 Å². The van der Waals surface area contributed by atoms with Gasteiger partial charge in [0.15, 0.2) is 0 Å². The van der Waals surface area contributed by atoms with Gasteiger partial charge in [-0.25, -0.2) is 0 Å². The standard InChI is InChI=1S/C8H11BrOS/c1-6(10)2-3-8-4-7(9)5-11-8/h4-6,10H,2-3H2,1H3. The Balaban J connectivity index is 2.39. The molecular formula is C8H11BrOS. The Kier molecular flexibility index (Phi) is 3.55. The van der Waals surface area contributed by atoms with E-state index in [1.165, 1.54) is 4.88 Å². The van der Waals surface area contributed by atoms with E-state index in [9.17, 15) is 0 Å². The van der Waals surface area contributed by atoms with Crippen LogP contribution in [0.15, 0.2) is 15.9 Å². The normalized spacial score (nSPS) is 13.4. The number of halogens is 1. The molecule has 1 N–H and O–H groups in total. The van der Waals surface area contributed by atoms with Crippen LogP contribution >= 0.6 is 27.3 Å². The Hall–Kier alpha value is 0.140. The van der Waals surface area contributed by atoms with E-state index in [1.54, 1.807) is 11.3 Å². The third kappa shape index (κ3) is 3.36. The summed E-state index contributed by atoms with van der Waals surface area (Å²) in [5.74, 6) is 0. The predicted octanol–water partition coefficient (Wildman–Crippen LogP) is 2.82. The van der Waals surface area contributed by atoms with Crippen LogP contribution in [0, 0.1) is 0 Å². The minimum atomic E-state index is -0.184. The number of rotatable bonds is 3. The van der Waals surface area contributed by atoms with Crippen molar-refractivity contribution in [3.63, 3.8) is 0 Å². The lowest BCUT2D eigenvalue weighted by Gasteiger charge is -2.00. The minimum Gasteiger partial charge on any atom is -0.393 e. The third-order valence-electron chi connectivity index (χ3n) is 1.43. The van der Waals surface area contributed by atoms with Crippen molar-refractivity contribution < 1.29 is 5.11 Å². The van der Waals surface area contributed by atoms with E-state index in [4.69, 9.17) is 5.11 Å². The lowest BCUT2D eigenvalue weighted by molar-refractivity contribution is 0.185. The van der Waals surface area contributed by atoms with Gasteiger partial charge in [0.25, 0.3) is 0 Å². The summed E-state index contributed by atoms with van der Waals surface area (Å²) in [6.07, 6.45) is 1.65. The highest BCUT2D eigenvalue weighted by molar-refractivity contribution is 9.10. The van der Waals surface area contributed by atoms with Gasteiger partial charge in [-0.15, -0.1) is 11.3 Å². The van der Waals surface area contributed by atoms with E-state index >= 15 is 0 Å². The zero-order valence-electron chi connectivity index (χ0n) is 6.38. The van der Waals surface area contributed by atoms with Gasteiger partial charge in [0.05, 0.1) is 6.10 Å². The highest BCUT2D eigenvalue weighted by Crippen LogP contribution is 2.21. The summed E-state index contributed by atoms with van der Waals surface area (Å²) in [5.41, 5.74) is 0. The highest BCUT2D eigenvalue weighted by atomic mass is 79.9. The molecule has 0 saturated heterocycles. The van der Waals surface area contributed by atoms with E-state index in [0.29, 0.717) is 0 Å². The molecule has 1 aromatic rings. The van der Waals surface area contributed by atoms with Gasteiger partial charge in [-0.2, -0.15) is 0 Å². The topological polar surface area (TPSA) is 20.2 Å². The Morgan fingerprint density at radius 2 is 2.45 bits per heavy atom. The summed E-state index contributed by atoms with van der Waals surface area (Å²) >= 11 is 5.12. The summed E-state index contributed by atoms with van der Waals surface area (Å²) in [4.78, 5) is 1.33. The molecule has 0 bridgehead atoms. The molecule has 3 heteroatoms. The first-order valence-electron chi connectivity index (χ1n) is 3.59. The Labute approximate surface area is 79.2 Å². The van der Waals surface area contributed by atoms with Crippen LogP contribution in [-0.4, -0.2) is 11.2 Å². The van der Waals surface area contributed by atoms with Crippen LogP contribution in [0.4, 0.5) is 0 Å². The van der Waals surface area contributed by atoms with Crippen molar-refractivity contribution in [1.29, 1.82) is 0 Å². The lowest BCUT2D eigenvalue weighted by atomic mass is 10.2. The maximum absolute atomic E-state index is 9.01. The first-order chi connectivity index (χ1) is 5.18. The van der Waals surface area contributed by atoms with Gasteiger partial charge < -0.3 is 5.11 Å². The molecular weight excluding hydrogens is 224 g/mol. The van der Waals surface area contributed by atoms with E-state index in [0.717, 1.165) is 17.3 Å². The molecule has 0 saturated carbocycles. The second-order valence-electron chi connectivity index (χ2n) is 2.62. The second kappa shape index (κ2) is 4.24. The summed E-state index contributed by atoms with van der Waals surface area (Å²) in [6.45, 7) is 1.82. The molecule has 1 nitrogen and oxygen atoms in total. The second-order valence-corrected chi connectivity index (χ2v) is 4.53. The van der Waals surface area contributed by atoms with Crippen molar-refractivity contribution in [2.24, 2.45) is 0 Å². The van der Waals surface area contributed by atoms with Crippen LogP contribution in [0.5, 0.6) is 0 Å². The Morgan fingerprint density at radius 3 is 2.91 bits per heavy atom. The minimum absolute atomic E-state index is 0.184. The van der Waals surface area contributed by atoms with Crippen LogP contribution in [0.25, 0.3) is 0 Å². The maximum atomic E-state index is 9.01. The number of aliphatic hydroxyl groups is 1. The Bertz CT molecular complexity index is 220. The molecule has 0 spiro atoms. The average Bonchev–Trinajstić information content (AvgIpc) is 2.31. The molecule has 0 radical (unpaired) electrons. The quantitative estimate of drug-likeness (QED) is 0.854. The van der Waals surface area contributed by atoms with Crippen LogP contribution in [-0.2, 0) is 6.42 Å². The fourth-order valence-corrected chi connectivity index (χ4v) is 2.31. The maximum Gasteiger partial charge on any atom is 0.0515 e. The fourth-order valence-electron chi connectivity index (χ4n) is 0.836. The number of hydrogen-bond donors (Lipinski definition) is 1. The monoisotopic (exact) mass is 234 g/mol. The summed E-state index contributed by atoms with van der Waals surface area (Å²) < 4.78 is 1.14. The molecule has 0 aromatic carbocycles. The first-order valence-corrected chi connectivity index (χ1v) is 5.26. The molecule has 1 atom stereocenters. The van der Waals surface area contributed by atoms with Gasteiger partial charge in [-0.1, -0.05) is 0 Å². The van der Waals surface area contributed by atoms with Gasteiger partial charge in [-0.3, -0.25) is 0 Å². The van der Waals surface area contributed by atoms with Gasteiger partial charge >= 0.3 is 0 Å². The van der Waals surface area contributed by atoms with Crippen molar-refractivity contribution in [1.82, 2.24) is 0 Å². The van der Waals surface area contributed by atoms with Gasteiger partial charge in [0, 0.05) is 14.7 Å². The van der Waals surface area contributed by atoms with Crippen molar-refractivity contribution >= 4 is 27.3 Å². The first kappa shape index (κ1) is 9.23. The molecule has 62 valence electrons. The van der Waals surface area contributed by atoms with Crippen molar-refractivity contribution in [2.45, 2.75) is 25.9 Å². The van der Waals surface area contributed by atoms with Crippen molar-refractivity contribution in [3.05, 3.63) is 20.8 Å².